The van der Waals surface area contributed by atoms with Crippen LogP contribution in [0.2, 0.25) is 0 Å². The second-order valence-electron chi connectivity index (χ2n) is 8.77. The summed E-state index contributed by atoms with van der Waals surface area (Å²) in [5.41, 5.74) is 0. The van der Waals surface area contributed by atoms with Gasteiger partial charge in [-0.05, 0) is 37.9 Å². The Morgan fingerprint density at radius 3 is 2.67 bits per heavy atom. The van der Waals surface area contributed by atoms with Gasteiger partial charge in [0, 0.05) is 51.7 Å². The normalized spacial score (nSPS) is 20.7. The molecule has 0 aromatic carbocycles. The van der Waals surface area contributed by atoms with Crippen LogP contribution in [0.1, 0.15) is 58.2 Å². The van der Waals surface area contributed by atoms with Crippen LogP contribution in [-0.2, 0) is 13.0 Å². The van der Waals surface area contributed by atoms with Crippen LogP contribution < -0.4 is 10.6 Å². The fourth-order valence-corrected chi connectivity index (χ4v) is 5.07. The Morgan fingerprint density at radius 2 is 2.00 bits per heavy atom. The molecule has 2 heterocycles. The summed E-state index contributed by atoms with van der Waals surface area (Å²) in [7, 11) is 1.86. The predicted octanol–water partition coefficient (Wildman–Crippen LogP) is 3.39. The fraction of sp³-hybridized carbons (Fsp3) is 0.857. The zero-order valence-corrected chi connectivity index (χ0v) is 22.2. The number of guanidine groups is 1. The molecule has 2 fully saturated rings. The van der Waals surface area contributed by atoms with Crippen LogP contribution in [0.25, 0.3) is 0 Å². The summed E-state index contributed by atoms with van der Waals surface area (Å²) < 4.78 is 2.28. The van der Waals surface area contributed by atoms with E-state index in [2.05, 4.69) is 55.4 Å². The van der Waals surface area contributed by atoms with E-state index in [0.29, 0.717) is 12.0 Å². The van der Waals surface area contributed by atoms with Crippen molar-refractivity contribution in [3.05, 3.63) is 5.82 Å². The molecule has 172 valence electrons. The Bertz CT molecular complexity index is 658. The quantitative estimate of drug-likeness (QED) is 0.162. The summed E-state index contributed by atoms with van der Waals surface area (Å²) in [6.45, 7) is 8.73. The van der Waals surface area contributed by atoms with E-state index < -0.39 is 0 Å². The first-order valence-electron chi connectivity index (χ1n) is 11.3. The van der Waals surface area contributed by atoms with E-state index in [1.165, 1.54) is 38.6 Å². The van der Waals surface area contributed by atoms with Gasteiger partial charge >= 0.3 is 0 Å². The molecular weight excluding hydrogens is 509 g/mol. The van der Waals surface area contributed by atoms with Crippen LogP contribution in [-0.4, -0.2) is 70.6 Å². The van der Waals surface area contributed by atoms with E-state index in [0.717, 1.165) is 55.5 Å². The molecule has 7 nitrogen and oxygen atoms in total. The minimum Gasteiger partial charge on any atom is -0.356 e. The zero-order chi connectivity index (χ0) is 20.6. The second-order valence-corrected chi connectivity index (χ2v) is 9.55. The van der Waals surface area contributed by atoms with Gasteiger partial charge in [0.1, 0.15) is 5.82 Å². The molecule has 1 unspecified atom stereocenters. The smallest absolute Gasteiger partial charge is 0.191 e. The average Bonchev–Trinajstić information content (AvgIpc) is 3.45. The number of hydrogen-bond acceptors (Lipinski definition) is 5. The van der Waals surface area contributed by atoms with Crippen molar-refractivity contribution >= 4 is 41.7 Å². The summed E-state index contributed by atoms with van der Waals surface area (Å²) in [6.07, 6.45) is 10.8. The molecule has 1 saturated carbocycles. The lowest BCUT2D eigenvalue weighted by Crippen LogP contribution is -2.45. The van der Waals surface area contributed by atoms with Gasteiger partial charge < -0.3 is 15.2 Å². The third-order valence-electron chi connectivity index (χ3n) is 6.02. The van der Waals surface area contributed by atoms with Crippen molar-refractivity contribution in [1.29, 1.82) is 0 Å². The van der Waals surface area contributed by atoms with Crippen molar-refractivity contribution in [3.8, 4) is 0 Å². The first-order valence-corrected chi connectivity index (χ1v) is 12.5. The van der Waals surface area contributed by atoms with E-state index in [1.807, 2.05) is 7.05 Å². The highest BCUT2D eigenvalue weighted by Crippen LogP contribution is 2.26. The molecule has 0 radical (unpaired) electrons. The number of thioether (sulfide) groups is 1. The van der Waals surface area contributed by atoms with Gasteiger partial charge in [0.05, 0.1) is 0 Å². The number of rotatable bonds is 9. The molecule has 30 heavy (non-hydrogen) atoms. The van der Waals surface area contributed by atoms with E-state index in [-0.39, 0.29) is 24.0 Å². The highest BCUT2D eigenvalue weighted by atomic mass is 127. The van der Waals surface area contributed by atoms with Crippen molar-refractivity contribution < 1.29 is 0 Å². The molecule has 1 aromatic heterocycles. The van der Waals surface area contributed by atoms with Crippen molar-refractivity contribution in [3.63, 3.8) is 0 Å². The zero-order valence-electron chi connectivity index (χ0n) is 19.1. The highest BCUT2D eigenvalue weighted by molar-refractivity contribution is 14.0. The summed E-state index contributed by atoms with van der Waals surface area (Å²) in [5.74, 6) is 2.61. The van der Waals surface area contributed by atoms with Crippen molar-refractivity contribution in [2.75, 3.05) is 32.9 Å². The Hall–Kier alpha value is -0.550. The van der Waals surface area contributed by atoms with E-state index in [1.54, 1.807) is 11.8 Å². The van der Waals surface area contributed by atoms with Gasteiger partial charge in [0.15, 0.2) is 11.1 Å². The number of aliphatic imine (C=N–C) groups is 1. The summed E-state index contributed by atoms with van der Waals surface area (Å²) in [5, 5.41) is 16.9. The highest BCUT2D eigenvalue weighted by Gasteiger charge is 2.30. The number of aromatic nitrogens is 3. The van der Waals surface area contributed by atoms with Gasteiger partial charge in [-0.25, -0.2) is 0 Å². The van der Waals surface area contributed by atoms with Crippen molar-refractivity contribution in [2.24, 2.45) is 10.9 Å². The molecule has 0 bridgehead atoms. The van der Waals surface area contributed by atoms with Crippen LogP contribution in [0, 0.1) is 5.92 Å². The molecule has 2 N–H and O–H groups in total. The van der Waals surface area contributed by atoms with Crippen LogP contribution >= 0.6 is 35.7 Å². The van der Waals surface area contributed by atoms with Crippen LogP contribution in [0.5, 0.6) is 0 Å². The molecular formula is C21H40IN7S. The lowest BCUT2D eigenvalue weighted by molar-refractivity contribution is 0.242. The maximum absolute atomic E-state index is 4.43. The average molecular weight is 550 g/mol. The molecule has 3 rings (SSSR count). The number of likely N-dealkylation sites (tertiary alicyclic amines) is 1. The Labute approximate surface area is 203 Å². The van der Waals surface area contributed by atoms with Crippen LogP contribution in [0.3, 0.4) is 0 Å². The van der Waals surface area contributed by atoms with Gasteiger partial charge in [0.25, 0.3) is 0 Å². The van der Waals surface area contributed by atoms with Crippen molar-refractivity contribution in [2.45, 2.75) is 82.6 Å². The summed E-state index contributed by atoms with van der Waals surface area (Å²) >= 11 is 1.67. The standard InChI is InChI=1S/C21H39N7S.HI/c1-16(2)14-28-19(25-26-21(28)29-4)10-7-12-23-20(22-3)24-17-11-13-27(15-17)18-8-5-6-9-18;/h16-18H,5-15H2,1-4H3,(H2,22,23,24);1H. The fourth-order valence-electron chi connectivity index (χ4n) is 4.55. The molecule has 0 spiro atoms. The topological polar surface area (TPSA) is 70.4 Å². The van der Waals surface area contributed by atoms with E-state index in [9.17, 15) is 0 Å². The third-order valence-corrected chi connectivity index (χ3v) is 6.69. The summed E-state index contributed by atoms with van der Waals surface area (Å²) in [4.78, 5) is 7.12. The Kier molecular flexibility index (Phi) is 11.2. The largest absolute Gasteiger partial charge is 0.356 e. The molecule has 9 heteroatoms. The van der Waals surface area contributed by atoms with Gasteiger partial charge in [-0.1, -0.05) is 38.5 Å². The predicted molar refractivity (Wildman–Crippen MR) is 137 cm³/mol. The number of halogens is 1. The Balaban J connectivity index is 0.00000320. The SMILES string of the molecule is CN=C(NCCCc1nnc(SC)n1CC(C)C)NC1CCN(C2CCCC2)C1.I. The number of nitrogens with one attached hydrogen (secondary N) is 2. The minimum absolute atomic E-state index is 0. The van der Waals surface area contributed by atoms with Crippen LogP contribution in [0.4, 0.5) is 0 Å². The van der Waals surface area contributed by atoms with Gasteiger partial charge in [-0.2, -0.15) is 0 Å². The molecule has 1 aliphatic heterocycles. The number of aryl methyl sites for hydroxylation is 1. The lowest BCUT2D eigenvalue weighted by atomic mass is 10.2. The van der Waals surface area contributed by atoms with Crippen LogP contribution in [0.15, 0.2) is 10.1 Å². The molecule has 0 amide bonds. The van der Waals surface area contributed by atoms with Crippen molar-refractivity contribution in [1.82, 2.24) is 30.3 Å². The molecule has 1 saturated heterocycles. The monoisotopic (exact) mass is 549 g/mol. The Morgan fingerprint density at radius 1 is 1.23 bits per heavy atom. The summed E-state index contributed by atoms with van der Waals surface area (Å²) in [6, 6.07) is 1.34. The van der Waals surface area contributed by atoms with Gasteiger partial charge in [0.2, 0.25) is 0 Å². The molecule has 1 atom stereocenters. The lowest BCUT2D eigenvalue weighted by Gasteiger charge is -2.24. The second kappa shape index (κ2) is 13.1. The number of hydrogen-bond donors (Lipinski definition) is 2. The maximum Gasteiger partial charge on any atom is 0.191 e. The van der Waals surface area contributed by atoms with E-state index in [4.69, 9.17) is 0 Å². The maximum atomic E-state index is 4.43. The first-order chi connectivity index (χ1) is 14.1. The van der Waals surface area contributed by atoms with Gasteiger partial charge in [-0.15, -0.1) is 34.2 Å². The van der Waals surface area contributed by atoms with Gasteiger partial charge in [-0.3, -0.25) is 9.89 Å². The minimum atomic E-state index is 0. The molecule has 2 aliphatic rings. The van der Waals surface area contributed by atoms with E-state index >= 15 is 0 Å². The first kappa shape index (κ1) is 25.7. The molecule has 1 aliphatic carbocycles. The number of nitrogens with zero attached hydrogens (tertiary/aromatic N) is 5. The molecule has 1 aromatic rings. The third kappa shape index (κ3) is 7.25.